The third kappa shape index (κ3) is 6.61. The molecule has 0 atom stereocenters. The highest BCUT2D eigenvalue weighted by molar-refractivity contribution is 6.15. The van der Waals surface area contributed by atoms with Crippen molar-refractivity contribution < 1.29 is 14.4 Å². The molecule has 0 radical (unpaired) electrons. The number of hydrogen-bond acceptors (Lipinski definition) is 4. The minimum atomic E-state index is -0.366. The van der Waals surface area contributed by atoms with E-state index in [2.05, 4.69) is 15.6 Å². The van der Waals surface area contributed by atoms with Crippen molar-refractivity contribution in [3.8, 4) is 0 Å². The normalized spacial score (nSPS) is 10.7. The van der Waals surface area contributed by atoms with Crippen LogP contribution in [0.15, 0.2) is 103 Å². The van der Waals surface area contributed by atoms with Gasteiger partial charge in [0.25, 0.3) is 0 Å². The fourth-order valence-corrected chi connectivity index (χ4v) is 3.57. The van der Waals surface area contributed by atoms with E-state index in [4.69, 9.17) is 0 Å². The van der Waals surface area contributed by atoms with Crippen LogP contribution in [0.25, 0.3) is 6.08 Å². The number of aryl methyl sites for hydroxylation is 1. The van der Waals surface area contributed by atoms with Gasteiger partial charge in [0.15, 0.2) is 5.78 Å². The van der Waals surface area contributed by atoms with Crippen LogP contribution < -0.4 is 10.6 Å². The summed E-state index contributed by atoms with van der Waals surface area (Å²) in [6.07, 6.45) is 4.80. The van der Waals surface area contributed by atoms with Crippen LogP contribution in [0, 0.1) is 6.92 Å². The first-order valence-corrected chi connectivity index (χ1v) is 11.5. The molecule has 2 amide bonds. The van der Waals surface area contributed by atoms with Gasteiger partial charge in [-0.15, -0.1) is 0 Å². The molecular weight excluding hydrogens is 450 g/mol. The summed E-state index contributed by atoms with van der Waals surface area (Å²) in [5.74, 6) is -0.868. The molecule has 0 aliphatic heterocycles. The lowest BCUT2D eigenvalue weighted by molar-refractivity contribution is -0.115. The lowest BCUT2D eigenvalue weighted by atomic mass is 10.0. The van der Waals surface area contributed by atoms with Crippen LogP contribution in [0.5, 0.6) is 0 Å². The molecule has 2 N–H and O–H groups in total. The van der Waals surface area contributed by atoms with Crippen molar-refractivity contribution in [2.45, 2.75) is 13.3 Å². The van der Waals surface area contributed by atoms with Crippen molar-refractivity contribution in [3.63, 3.8) is 0 Å². The molecule has 0 fully saturated rings. The van der Waals surface area contributed by atoms with Gasteiger partial charge < -0.3 is 10.6 Å². The van der Waals surface area contributed by atoms with Gasteiger partial charge in [-0.2, -0.15) is 0 Å². The fraction of sp³-hybridized carbons (Fsp3) is 0.0667. The Morgan fingerprint density at radius 3 is 2.31 bits per heavy atom. The predicted molar refractivity (Wildman–Crippen MR) is 142 cm³/mol. The van der Waals surface area contributed by atoms with E-state index < -0.39 is 0 Å². The van der Waals surface area contributed by atoms with E-state index >= 15 is 0 Å². The summed E-state index contributed by atoms with van der Waals surface area (Å²) in [5, 5.41) is 5.62. The Hall–Kier alpha value is -4.84. The van der Waals surface area contributed by atoms with E-state index in [9.17, 15) is 14.4 Å². The molecular formula is C30H25N3O3. The van der Waals surface area contributed by atoms with Crippen LogP contribution in [0.3, 0.4) is 0 Å². The molecule has 0 aliphatic rings. The van der Waals surface area contributed by atoms with Gasteiger partial charge in [0.2, 0.25) is 11.8 Å². The average molecular weight is 476 g/mol. The predicted octanol–water partition coefficient (Wildman–Crippen LogP) is 5.45. The van der Waals surface area contributed by atoms with Crippen molar-refractivity contribution in [3.05, 3.63) is 131 Å². The number of amides is 2. The maximum Gasteiger partial charge on any atom is 0.248 e. The topological polar surface area (TPSA) is 88.2 Å². The van der Waals surface area contributed by atoms with Crippen molar-refractivity contribution in [1.82, 2.24) is 4.98 Å². The standard InChI is InChI=1S/C30H25N3O3/c1-21-10-12-22(13-11-21)19-29(35)33-27-16-14-25(20-26(27)30(36)23-7-3-2-4-8-23)32-28(34)17-15-24-9-5-6-18-31-24/h2-18,20H,19H2,1H3,(H,32,34)(H,33,35)/b17-15+. The molecule has 3 aromatic carbocycles. The Bertz CT molecular complexity index is 1400. The molecule has 4 aromatic rings. The molecule has 1 aromatic heterocycles. The molecule has 4 rings (SSSR count). The van der Waals surface area contributed by atoms with E-state index in [0.717, 1.165) is 11.1 Å². The van der Waals surface area contributed by atoms with Gasteiger partial charge in [-0.1, -0.05) is 66.2 Å². The third-order valence-corrected chi connectivity index (χ3v) is 5.42. The number of anilines is 2. The number of aromatic nitrogens is 1. The molecule has 0 unspecified atom stereocenters. The van der Waals surface area contributed by atoms with Crippen molar-refractivity contribution in [2.24, 2.45) is 0 Å². The van der Waals surface area contributed by atoms with Gasteiger partial charge in [-0.25, -0.2) is 0 Å². The Balaban J connectivity index is 1.55. The first-order chi connectivity index (χ1) is 17.5. The first kappa shape index (κ1) is 24.3. The number of benzene rings is 3. The van der Waals surface area contributed by atoms with E-state index in [-0.39, 0.29) is 29.6 Å². The summed E-state index contributed by atoms with van der Waals surface area (Å²) in [6, 6.07) is 26.8. The number of pyridine rings is 1. The zero-order chi connectivity index (χ0) is 25.3. The molecule has 36 heavy (non-hydrogen) atoms. The van der Waals surface area contributed by atoms with Crippen LogP contribution in [0.2, 0.25) is 0 Å². The van der Waals surface area contributed by atoms with Gasteiger partial charge in [-0.05, 0) is 48.9 Å². The van der Waals surface area contributed by atoms with Crippen molar-refractivity contribution in [2.75, 3.05) is 10.6 Å². The number of nitrogens with one attached hydrogen (secondary N) is 2. The van der Waals surface area contributed by atoms with E-state index in [1.54, 1.807) is 66.9 Å². The number of carbonyl (C=O) groups excluding carboxylic acids is 3. The number of hydrogen-bond donors (Lipinski definition) is 2. The molecule has 0 bridgehead atoms. The molecule has 6 nitrogen and oxygen atoms in total. The maximum atomic E-state index is 13.3. The highest BCUT2D eigenvalue weighted by Crippen LogP contribution is 2.24. The van der Waals surface area contributed by atoms with Gasteiger partial charge in [0.1, 0.15) is 0 Å². The molecule has 1 heterocycles. The maximum absolute atomic E-state index is 13.3. The second kappa shape index (κ2) is 11.5. The van der Waals surface area contributed by atoms with Crippen LogP contribution in [-0.2, 0) is 16.0 Å². The number of rotatable bonds is 8. The summed E-state index contributed by atoms with van der Waals surface area (Å²) in [6.45, 7) is 1.99. The van der Waals surface area contributed by atoms with Crippen molar-refractivity contribution in [1.29, 1.82) is 0 Å². The summed E-state index contributed by atoms with van der Waals surface area (Å²) in [7, 11) is 0. The highest BCUT2D eigenvalue weighted by Gasteiger charge is 2.17. The van der Waals surface area contributed by atoms with Gasteiger partial charge in [-0.3, -0.25) is 19.4 Å². The zero-order valence-corrected chi connectivity index (χ0v) is 19.8. The lowest BCUT2D eigenvalue weighted by Crippen LogP contribution is -2.18. The largest absolute Gasteiger partial charge is 0.325 e. The summed E-state index contributed by atoms with van der Waals surface area (Å²) >= 11 is 0. The third-order valence-electron chi connectivity index (χ3n) is 5.42. The van der Waals surface area contributed by atoms with Crippen LogP contribution in [-0.4, -0.2) is 22.6 Å². The van der Waals surface area contributed by atoms with E-state index in [1.165, 1.54) is 6.08 Å². The molecule has 0 saturated heterocycles. The Morgan fingerprint density at radius 1 is 0.833 bits per heavy atom. The monoisotopic (exact) mass is 475 g/mol. The van der Waals surface area contributed by atoms with E-state index in [0.29, 0.717) is 22.6 Å². The minimum Gasteiger partial charge on any atom is -0.325 e. The Labute approximate surface area is 209 Å². The quantitative estimate of drug-likeness (QED) is 0.262. The second-order valence-electron chi connectivity index (χ2n) is 8.24. The van der Waals surface area contributed by atoms with E-state index in [1.807, 2.05) is 43.3 Å². The number of carbonyl (C=O) groups is 3. The summed E-state index contributed by atoms with van der Waals surface area (Å²) in [4.78, 5) is 42.7. The lowest BCUT2D eigenvalue weighted by Gasteiger charge is -2.13. The zero-order valence-electron chi connectivity index (χ0n) is 19.8. The second-order valence-corrected chi connectivity index (χ2v) is 8.24. The molecule has 6 heteroatoms. The Kier molecular flexibility index (Phi) is 7.78. The number of nitrogens with zero attached hydrogens (tertiary/aromatic N) is 1. The summed E-state index contributed by atoms with van der Waals surface area (Å²) in [5.41, 5.74) is 4.21. The van der Waals surface area contributed by atoms with Crippen LogP contribution in [0.1, 0.15) is 32.7 Å². The van der Waals surface area contributed by atoms with Gasteiger partial charge >= 0.3 is 0 Å². The van der Waals surface area contributed by atoms with Gasteiger partial charge in [0, 0.05) is 29.1 Å². The molecule has 0 aliphatic carbocycles. The average Bonchev–Trinajstić information content (AvgIpc) is 2.90. The number of ketones is 1. The smallest absolute Gasteiger partial charge is 0.248 e. The molecule has 0 spiro atoms. The highest BCUT2D eigenvalue weighted by atomic mass is 16.2. The Morgan fingerprint density at radius 2 is 1.58 bits per heavy atom. The fourth-order valence-electron chi connectivity index (χ4n) is 3.57. The van der Waals surface area contributed by atoms with Crippen molar-refractivity contribution >= 4 is 35.0 Å². The summed E-state index contributed by atoms with van der Waals surface area (Å²) < 4.78 is 0. The SMILES string of the molecule is Cc1ccc(CC(=O)Nc2ccc(NC(=O)/C=C/c3ccccn3)cc2C(=O)c2ccccc2)cc1. The minimum absolute atomic E-state index is 0.177. The first-order valence-electron chi connectivity index (χ1n) is 11.5. The van der Waals surface area contributed by atoms with Gasteiger partial charge in [0.05, 0.1) is 17.8 Å². The van der Waals surface area contributed by atoms with Crippen LogP contribution >= 0.6 is 0 Å². The van der Waals surface area contributed by atoms with Crippen LogP contribution in [0.4, 0.5) is 11.4 Å². The molecule has 178 valence electrons. The molecule has 0 saturated carbocycles.